The first kappa shape index (κ1) is 6.47. The molecule has 0 aromatic rings. The van der Waals surface area contributed by atoms with E-state index in [4.69, 9.17) is 16.4 Å². The highest BCUT2D eigenvalue weighted by Crippen LogP contribution is 2.33. The molecule has 2 aliphatic rings. The van der Waals surface area contributed by atoms with Gasteiger partial charge >= 0.3 is 0 Å². The molecule has 1 fully saturated rings. The van der Waals surface area contributed by atoms with E-state index in [1.807, 2.05) is 0 Å². The normalized spacial score (nSPS) is 37.1. The van der Waals surface area contributed by atoms with Gasteiger partial charge in [-0.3, -0.25) is 0 Å². The second kappa shape index (κ2) is 2.42. The highest BCUT2D eigenvalue weighted by atomic mass is 35.5. The molecule has 0 N–H and O–H groups in total. The zero-order valence-corrected chi connectivity index (χ0v) is 6.47. The zero-order chi connectivity index (χ0) is 6.97. The maximum Gasteiger partial charge on any atom is 0.135 e. The van der Waals surface area contributed by atoms with Gasteiger partial charge in [0.2, 0.25) is 0 Å². The second-order valence-corrected chi connectivity index (χ2v) is 3.16. The molecule has 0 radical (unpaired) electrons. The predicted octanol–water partition coefficient (Wildman–Crippen LogP) is 1.78. The van der Waals surface area contributed by atoms with E-state index in [0.717, 1.165) is 12.1 Å². The van der Waals surface area contributed by atoms with Crippen LogP contribution < -0.4 is 0 Å². The average molecular weight is 160 g/mol. The molecule has 1 heterocycles. The molecule has 2 rings (SSSR count). The lowest BCUT2D eigenvalue weighted by atomic mass is 10.0. The van der Waals surface area contributed by atoms with Gasteiger partial charge < -0.3 is 4.84 Å². The molecule has 2 nitrogen and oxygen atoms in total. The number of hydrogen-bond donors (Lipinski definition) is 0. The van der Waals surface area contributed by atoms with Gasteiger partial charge in [0.25, 0.3) is 0 Å². The molecule has 56 valence electrons. The van der Waals surface area contributed by atoms with Gasteiger partial charge in [0.1, 0.15) is 6.10 Å². The number of alkyl halides is 1. The van der Waals surface area contributed by atoms with Crippen LogP contribution >= 0.6 is 11.6 Å². The summed E-state index contributed by atoms with van der Waals surface area (Å²) in [6, 6.07) is 0. The standard InChI is InChI=1S/C7H10ClNO/c8-4-6-5-2-1-3-7(5)10-9-6/h5,7H,1-4H2/t5-,7-/m1/s1. The smallest absolute Gasteiger partial charge is 0.135 e. The summed E-state index contributed by atoms with van der Waals surface area (Å²) in [5.41, 5.74) is 1.06. The molecule has 3 heteroatoms. The van der Waals surface area contributed by atoms with Gasteiger partial charge in [0.15, 0.2) is 0 Å². The van der Waals surface area contributed by atoms with E-state index < -0.39 is 0 Å². The van der Waals surface area contributed by atoms with Crippen molar-refractivity contribution >= 4 is 17.3 Å². The predicted molar refractivity (Wildman–Crippen MR) is 40.4 cm³/mol. The summed E-state index contributed by atoms with van der Waals surface area (Å²) in [6.07, 6.45) is 4.02. The lowest BCUT2D eigenvalue weighted by Crippen LogP contribution is -2.17. The topological polar surface area (TPSA) is 21.6 Å². The van der Waals surface area contributed by atoms with Crippen molar-refractivity contribution in [2.75, 3.05) is 5.88 Å². The maximum absolute atomic E-state index is 5.66. The van der Waals surface area contributed by atoms with E-state index in [0.29, 0.717) is 17.9 Å². The highest BCUT2D eigenvalue weighted by Gasteiger charge is 2.37. The molecule has 10 heavy (non-hydrogen) atoms. The summed E-state index contributed by atoms with van der Waals surface area (Å²) >= 11 is 5.66. The van der Waals surface area contributed by atoms with Gasteiger partial charge in [-0.1, -0.05) is 5.16 Å². The van der Waals surface area contributed by atoms with Crippen molar-refractivity contribution in [2.24, 2.45) is 11.1 Å². The van der Waals surface area contributed by atoms with Crippen molar-refractivity contribution in [3.63, 3.8) is 0 Å². The van der Waals surface area contributed by atoms with Crippen LogP contribution in [0.3, 0.4) is 0 Å². The third-order valence-corrected chi connectivity index (χ3v) is 2.60. The van der Waals surface area contributed by atoms with Crippen molar-refractivity contribution in [1.29, 1.82) is 0 Å². The summed E-state index contributed by atoms with van der Waals surface area (Å²) in [4.78, 5) is 5.18. The van der Waals surface area contributed by atoms with Crippen molar-refractivity contribution in [2.45, 2.75) is 25.4 Å². The number of halogens is 1. The Hall–Kier alpha value is -0.240. The SMILES string of the molecule is ClCC1=NO[C@@H]2CCC[C@H]12. The molecule has 0 unspecified atom stereocenters. The number of oxime groups is 1. The van der Waals surface area contributed by atoms with E-state index in [9.17, 15) is 0 Å². The Kier molecular flexibility index (Phi) is 1.57. The summed E-state index contributed by atoms with van der Waals surface area (Å²) in [7, 11) is 0. The second-order valence-electron chi connectivity index (χ2n) is 2.90. The molecule has 0 spiro atoms. The molecule has 0 aromatic heterocycles. The van der Waals surface area contributed by atoms with Gasteiger partial charge in [-0.2, -0.15) is 0 Å². The van der Waals surface area contributed by atoms with Crippen LogP contribution in [0.4, 0.5) is 0 Å². The quantitative estimate of drug-likeness (QED) is 0.535. The minimum atomic E-state index is 0.369. The minimum absolute atomic E-state index is 0.369. The van der Waals surface area contributed by atoms with Crippen molar-refractivity contribution < 1.29 is 4.84 Å². The fourth-order valence-corrected chi connectivity index (χ4v) is 2.01. The molecule has 1 saturated carbocycles. The Morgan fingerprint density at radius 2 is 2.50 bits per heavy atom. The summed E-state index contributed by atoms with van der Waals surface area (Å²) in [5.74, 6) is 1.10. The van der Waals surface area contributed by atoms with Crippen molar-refractivity contribution in [1.82, 2.24) is 0 Å². The fourth-order valence-electron chi connectivity index (χ4n) is 1.76. The first-order valence-electron chi connectivity index (χ1n) is 3.70. The van der Waals surface area contributed by atoms with Crippen molar-refractivity contribution in [3.05, 3.63) is 0 Å². The third-order valence-electron chi connectivity index (χ3n) is 2.32. The van der Waals surface area contributed by atoms with Gasteiger partial charge in [0.05, 0.1) is 11.6 Å². The van der Waals surface area contributed by atoms with Crippen LogP contribution in [0.5, 0.6) is 0 Å². The van der Waals surface area contributed by atoms with Crippen LogP contribution in [0.1, 0.15) is 19.3 Å². The Morgan fingerprint density at radius 1 is 1.60 bits per heavy atom. The van der Waals surface area contributed by atoms with E-state index >= 15 is 0 Å². The zero-order valence-electron chi connectivity index (χ0n) is 5.72. The summed E-state index contributed by atoms with van der Waals surface area (Å²) in [6.45, 7) is 0. The summed E-state index contributed by atoms with van der Waals surface area (Å²) < 4.78 is 0. The monoisotopic (exact) mass is 159 g/mol. The van der Waals surface area contributed by atoms with E-state index in [-0.39, 0.29) is 0 Å². The van der Waals surface area contributed by atoms with Crippen LogP contribution in [-0.2, 0) is 4.84 Å². The van der Waals surface area contributed by atoms with Gasteiger partial charge in [0, 0.05) is 5.92 Å². The third kappa shape index (κ3) is 0.823. The van der Waals surface area contributed by atoms with Crippen LogP contribution in [0.15, 0.2) is 5.16 Å². The number of nitrogens with zero attached hydrogens (tertiary/aromatic N) is 1. The van der Waals surface area contributed by atoms with Crippen molar-refractivity contribution in [3.8, 4) is 0 Å². The first-order chi connectivity index (χ1) is 4.92. The maximum atomic E-state index is 5.66. The lowest BCUT2D eigenvalue weighted by molar-refractivity contribution is 0.0746. The van der Waals surface area contributed by atoms with Crippen LogP contribution in [-0.4, -0.2) is 17.7 Å². The van der Waals surface area contributed by atoms with Gasteiger partial charge in [-0.05, 0) is 19.3 Å². The lowest BCUT2D eigenvalue weighted by Gasteiger charge is -2.05. The van der Waals surface area contributed by atoms with E-state index in [1.165, 1.54) is 12.8 Å². The van der Waals surface area contributed by atoms with E-state index in [1.54, 1.807) is 0 Å². The van der Waals surface area contributed by atoms with Crippen LogP contribution in [0.25, 0.3) is 0 Å². The van der Waals surface area contributed by atoms with E-state index in [2.05, 4.69) is 5.16 Å². The Bertz CT molecular complexity index is 169. The molecule has 0 aromatic carbocycles. The Labute approximate surface area is 65.2 Å². The molecular weight excluding hydrogens is 150 g/mol. The van der Waals surface area contributed by atoms with Crippen LogP contribution in [0, 0.1) is 5.92 Å². The molecule has 1 aliphatic heterocycles. The van der Waals surface area contributed by atoms with Gasteiger partial charge in [-0.25, -0.2) is 0 Å². The number of rotatable bonds is 1. The Morgan fingerprint density at radius 3 is 3.30 bits per heavy atom. The molecule has 0 bridgehead atoms. The molecular formula is C7H10ClNO. The highest BCUT2D eigenvalue weighted by molar-refractivity contribution is 6.29. The minimum Gasteiger partial charge on any atom is -0.392 e. The largest absolute Gasteiger partial charge is 0.392 e. The fraction of sp³-hybridized carbons (Fsp3) is 0.857. The number of fused-ring (bicyclic) bond motifs is 1. The summed E-state index contributed by atoms with van der Waals surface area (Å²) in [5, 5.41) is 3.92. The number of hydrogen-bond acceptors (Lipinski definition) is 2. The molecule has 0 amide bonds. The average Bonchev–Trinajstić information content (AvgIpc) is 2.44. The first-order valence-corrected chi connectivity index (χ1v) is 4.24. The molecule has 1 aliphatic carbocycles. The van der Waals surface area contributed by atoms with Gasteiger partial charge in [-0.15, -0.1) is 11.6 Å². The molecule has 2 atom stereocenters. The van der Waals surface area contributed by atoms with Crippen LogP contribution in [0.2, 0.25) is 0 Å². The molecule has 0 saturated heterocycles. The Balaban J connectivity index is 2.10.